The summed E-state index contributed by atoms with van der Waals surface area (Å²) in [6.45, 7) is 5.04. The van der Waals surface area contributed by atoms with E-state index in [0.717, 1.165) is 24.2 Å². The fraction of sp³-hybridized carbons (Fsp3) is 0.500. The number of anilines is 2. The summed E-state index contributed by atoms with van der Waals surface area (Å²) in [5.74, 6) is -0.954. The molecule has 18 heavy (non-hydrogen) atoms. The lowest BCUT2D eigenvalue weighted by molar-refractivity contribution is 0.0698. The first-order valence-corrected chi connectivity index (χ1v) is 6.44. The van der Waals surface area contributed by atoms with Crippen molar-refractivity contribution in [3.8, 4) is 0 Å². The van der Waals surface area contributed by atoms with Crippen molar-refractivity contribution in [2.75, 3.05) is 17.2 Å². The van der Waals surface area contributed by atoms with Gasteiger partial charge in [-0.15, -0.1) is 0 Å². The summed E-state index contributed by atoms with van der Waals surface area (Å²) in [4.78, 5) is 13.5. The van der Waals surface area contributed by atoms with Gasteiger partial charge in [0.05, 0.1) is 5.56 Å². The fourth-order valence-electron chi connectivity index (χ4n) is 2.72. The van der Waals surface area contributed by atoms with Crippen LogP contribution in [0.25, 0.3) is 0 Å². The highest BCUT2D eigenvalue weighted by Gasteiger charge is 2.24. The van der Waals surface area contributed by atoms with Gasteiger partial charge in [-0.05, 0) is 43.9 Å². The number of carboxylic acid groups (broad SMARTS) is 1. The SMILES string of the molecule is CCC1CCCN1c1cc(C)c(N)c(C(=O)O)c1. The van der Waals surface area contributed by atoms with Crippen LogP contribution in [0.3, 0.4) is 0 Å². The van der Waals surface area contributed by atoms with E-state index in [-0.39, 0.29) is 5.56 Å². The number of aryl methyl sites for hydroxylation is 1. The van der Waals surface area contributed by atoms with E-state index in [1.54, 1.807) is 6.07 Å². The second kappa shape index (κ2) is 4.88. The summed E-state index contributed by atoms with van der Waals surface area (Å²) in [5.41, 5.74) is 8.24. The first kappa shape index (κ1) is 12.7. The monoisotopic (exact) mass is 248 g/mol. The molecular formula is C14H20N2O2. The van der Waals surface area contributed by atoms with Crippen molar-refractivity contribution in [1.82, 2.24) is 0 Å². The Morgan fingerprint density at radius 3 is 2.89 bits per heavy atom. The molecule has 0 aromatic heterocycles. The largest absolute Gasteiger partial charge is 0.478 e. The Balaban J connectivity index is 2.42. The van der Waals surface area contributed by atoms with Crippen LogP contribution in [0.2, 0.25) is 0 Å². The predicted octanol–water partition coefficient (Wildman–Crippen LogP) is 2.65. The summed E-state index contributed by atoms with van der Waals surface area (Å²) < 4.78 is 0. The lowest BCUT2D eigenvalue weighted by Crippen LogP contribution is -2.28. The summed E-state index contributed by atoms with van der Waals surface area (Å²) in [5, 5.41) is 9.18. The third-order valence-corrected chi connectivity index (χ3v) is 3.78. The third-order valence-electron chi connectivity index (χ3n) is 3.78. The van der Waals surface area contributed by atoms with Crippen LogP contribution in [0, 0.1) is 6.92 Å². The van der Waals surface area contributed by atoms with E-state index in [1.807, 2.05) is 13.0 Å². The van der Waals surface area contributed by atoms with Gasteiger partial charge < -0.3 is 15.7 Å². The molecule has 3 N–H and O–H groups in total. The number of nitrogen functional groups attached to an aromatic ring is 1. The predicted molar refractivity (Wildman–Crippen MR) is 73.2 cm³/mol. The number of nitrogens with two attached hydrogens (primary N) is 1. The van der Waals surface area contributed by atoms with E-state index >= 15 is 0 Å². The standard InChI is InChI=1S/C14H20N2O2/c1-3-10-5-4-6-16(10)11-7-9(2)13(15)12(8-11)14(17)18/h7-8,10H,3-6,15H2,1-2H3,(H,17,18). The van der Waals surface area contributed by atoms with Crippen LogP contribution in [0.5, 0.6) is 0 Å². The van der Waals surface area contributed by atoms with E-state index in [0.29, 0.717) is 11.7 Å². The Morgan fingerprint density at radius 2 is 2.28 bits per heavy atom. The van der Waals surface area contributed by atoms with Crippen molar-refractivity contribution >= 4 is 17.3 Å². The quantitative estimate of drug-likeness (QED) is 0.807. The molecule has 1 fully saturated rings. The molecule has 1 aliphatic heterocycles. The third kappa shape index (κ3) is 2.15. The number of hydrogen-bond acceptors (Lipinski definition) is 3. The molecule has 1 heterocycles. The van der Waals surface area contributed by atoms with Gasteiger partial charge in [0.2, 0.25) is 0 Å². The van der Waals surface area contributed by atoms with Crippen LogP contribution < -0.4 is 10.6 Å². The zero-order chi connectivity index (χ0) is 13.3. The van der Waals surface area contributed by atoms with E-state index < -0.39 is 5.97 Å². The number of benzene rings is 1. The molecule has 1 unspecified atom stereocenters. The normalized spacial score (nSPS) is 19.2. The Kier molecular flexibility index (Phi) is 3.45. The van der Waals surface area contributed by atoms with Crippen molar-refractivity contribution in [2.24, 2.45) is 0 Å². The Bertz CT molecular complexity index is 471. The average molecular weight is 248 g/mol. The molecule has 0 bridgehead atoms. The molecule has 0 radical (unpaired) electrons. The molecule has 0 saturated carbocycles. The summed E-state index contributed by atoms with van der Waals surface area (Å²) in [7, 11) is 0. The minimum absolute atomic E-state index is 0.215. The smallest absolute Gasteiger partial charge is 0.337 e. The van der Waals surface area contributed by atoms with Crippen molar-refractivity contribution in [3.05, 3.63) is 23.3 Å². The topological polar surface area (TPSA) is 66.6 Å². The van der Waals surface area contributed by atoms with E-state index in [1.165, 1.54) is 12.8 Å². The van der Waals surface area contributed by atoms with Gasteiger partial charge >= 0.3 is 5.97 Å². The highest BCUT2D eigenvalue weighted by atomic mass is 16.4. The van der Waals surface area contributed by atoms with Crippen LogP contribution in [0.15, 0.2) is 12.1 Å². The lowest BCUT2D eigenvalue weighted by atomic mass is 10.1. The maximum absolute atomic E-state index is 11.2. The molecular weight excluding hydrogens is 228 g/mol. The van der Waals surface area contributed by atoms with Gasteiger partial charge in [-0.1, -0.05) is 6.92 Å². The molecule has 0 spiro atoms. The Labute approximate surface area is 107 Å². The van der Waals surface area contributed by atoms with Gasteiger partial charge in [0.25, 0.3) is 0 Å². The van der Waals surface area contributed by atoms with Crippen LogP contribution in [-0.2, 0) is 0 Å². The van der Waals surface area contributed by atoms with E-state index in [4.69, 9.17) is 5.73 Å². The van der Waals surface area contributed by atoms with E-state index in [2.05, 4.69) is 11.8 Å². The first-order valence-electron chi connectivity index (χ1n) is 6.44. The molecule has 4 heteroatoms. The van der Waals surface area contributed by atoms with Crippen molar-refractivity contribution in [1.29, 1.82) is 0 Å². The zero-order valence-corrected chi connectivity index (χ0v) is 10.9. The van der Waals surface area contributed by atoms with Gasteiger partial charge in [-0.3, -0.25) is 0 Å². The first-order chi connectivity index (χ1) is 8.54. The van der Waals surface area contributed by atoms with Gasteiger partial charge in [0, 0.05) is 24.0 Å². The molecule has 0 aliphatic carbocycles. The molecule has 1 atom stereocenters. The molecule has 2 rings (SSSR count). The minimum Gasteiger partial charge on any atom is -0.478 e. The fourth-order valence-corrected chi connectivity index (χ4v) is 2.72. The number of rotatable bonds is 3. The molecule has 98 valence electrons. The Morgan fingerprint density at radius 1 is 1.56 bits per heavy atom. The highest BCUT2D eigenvalue weighted by Crippen LogP contribution is 2.31. The van der Waals surface area contributed by atoms with Crippen molar-refractivity contribution in [3.63, 3.8) is 0 Å². The second-order valence-electron chi connectivity index (χ2n) is 4.93. The summed E-state index contributed by atoms with van der Waals surface area (Å²) >= 11 is 0. The number of carbonyl (C=O) groups is 1. The number of aromatic carboxylic acids is 1. The van der Waals surface area contributed by atoms with Gasteiger partial charge in [0.1, 0.15) is 0 Å². The van der Waals surface area contributed by atoms with Gasteiger partial charge in [-0.25, -0.2) is 4.79 Å². The minimum atomic E-state index is -0.954. The molecule has 0 amide bonds. The molecule has 1 aromatic rings. The molecule has 1 saturated heterocycles. The van der Waals surface area contributed by atoms with Gasteiger partial charge in [0.15, 0.2) is 0 Å². The maximum atomic E-state index is 11.2. The highest BCUT2D eigenvalue weighted by molar-refractivity contribution is 5.95. The number of hydrogen-bond donors (Lipinski definition) is 2. The van der Waals surface area contributed by atoms with Crippen LogP contribution in [-0.4, -0.2) is 23.7 Å². The summed E-state index contributed by atoms with van der Waals surface area (Å²) in [6, 6.07) is 4.23. The summed E-state index contributed by atoms with van der Waals surface area (Å²) in [6.07, 6.45) is 3.44. The second-order valence-corrected chi connectivity index (χ2v) is 4.93. The van der Waals surface area contributed by atoms with Crippen LogP contribution in [0.1, 0.15) is 42.1 Å². The lowest BCUT2D eigenvalue weighted by Gasteiger charge is -2.27. The Hall–Kier alpha value is -1.71. The van der Waals surface area contributed by atoms with Crippen LogP contribution in [0.4, 0.5) is 11.4 Å². The number of carboxylic acids is 1. The maximum Gasteiger partial charge on any atom is 0.337 e. The molecule has 4 nitrogen and oxygen atoms in total. The van der Waals surface area contributed by atoms with Gasteiger partial charge in [-0.2, -0.15) is 0 Å². The zero-order valence-electron chi connectivity index (χ0n) is 10.9. The van der Waals surface area contributed by atoms with Crippen molar-refractivity contribution < 1.29 is 9.90 Å². The van der Waals surface area contributed by atoms with E-state index in [9.17, 15) is 9.90 Å². The average Bonchev–Trinajstić information content (AvgIpc) is 2.80. The van der Waals surface area contributed by atoms with Crippen LogP contribution >= 0.6 is 0 Å². The molecule has 1 aromatic carbocycles. The number of nitrogens with zero attached hydrogens (tertiary/aromatic N) is 1. The van der Waals surface area contributed by atoms with Crippen molar-refractivity contribution in [2.45, 2.75) is 39.2 Å². The molecule has 1 aliphatic rings.